The summed E-state index contributed by atoms with van der Waals surface area (Å²) in [4.78, 5) is 11.6. The van der Waals surface area contributed by atoms with Crippen LogP contribution < -0.4 is 20.5 Å². The van der Waals surface area contributed by atoms with Crippen LogP contribution in [0, 0.1) is 0 Å². The Bertz CT molecular complexity index is 560. The highest BCUT2D eigenvalue weighted by molar-refractivity contribution is 7.89. The third-order valence-corrected chi connectivity index (χ3v) is 4.08. The van der Waals surface area contributed by atoms with Crippen LogP contribution >= 0.6 is 0 Å². The number of benzene rings is 1. The fraction of sp³-hybridized carbons (Fsp3) is 0.462. The fourth-order valence-corrected chi connectivity index (χ4v) is 2.58. The summed E-state index contributed by atoms with van der Waals surface area (Å²) in [5.41, 5.74) is 6.36. The third-order valence-electron chi connectivity index (χ3n) is 2.61. The van der Waals surface area contributed by atoms with Gasteiger partial charge in [0.2, 0.25) is 10.0 Å². The van der Waals surface area contributed by atoms with Crippen LogP contribution in [0.15, 0.2) is 24.3 Å². The number of amides is 1. The first kappa shape index (κ1) is 17.4. The standard InChI is InChI=1S/C13H21N3O4S/c1-2-16-21(18,19)8-7-15-13(17)10-20-12-6-4-3-5-11(12)9-14/h3-6,16H,2,7-10,14H2,1H3,(H,15,17). The van der Waals surface area contributed by atoms with Gasteiger partial charge in [-0.2, -0.15) is 0 Å². The monoisotopic (exact) mass is 315 g/mol. The zero-order valence-corrected chi connectivity index (χ0v) is 12.8. The lowest BCUT2D eigenvalue weighted by atomic mass is 10.2. The Morgan fingerprint density at radius 3 is 2.71 bits per heavy atom. The van der Waals surface area contributed by atoms with Crippen molar-refractivity contribution < 1.29 is 17.9 Å². The summed E-state index contributed by atoms with van der Waals surface area (Å²) in [6.45, 7) is 2.20. The SMILES string of the molecule is CCNS(=O)(=O)CCNC(=O)COc1ccccc1CN. The third kappa shape index (κ3) is 6.56. The highest BCUT2D eigenvalue weighted by Gasteiger charge is 2.10. The van der Waals surface area contributed by atoms with Crippen molar-refractivity contribution in [2.45, 2.75) is 13.5 Å². The fourth-order valence-electron chi connectivity index (χ4n) is 1.62. The van der Waals surface area contributed by atoms with Gasteiger partial charge in [-0.3, -0.25) is 4.79 Å². The van der Waals surface area contributed by atoms with Crippen molar-refractivity contribution in [3.8, 4) is 5.75 Å². The molecule has 0 aliphatic carbocycles. The molecule has 8 heteroatoms. The minimum atomic E-state index is -3.33. The minimum Gasteiger partial charge on any atom is -0.483 e. The second-order valence-corrected chi connectivity index (χ2v) is 6.19. The summed E-state index contributed by atoms with van der Waals surface area (Å²) in [5.74, 6) is 0.00957. The zero-order chi connectivity index (χ0) is 15.7. The molecule has 118 valence electrons. The molecule has 0 aliphatic rings. The first-order valence-electron chi connectivity index (χ1n) is 6.63. The van der Waals surface area contributed by atoms with Crippen LogP contribution in [-0.4, -0.2) is 39.8 Å². The molecular weight excluding hydrogens is 294 g/mol. The summed E-state index contributed by atoms with van der Waals surface area (Å²) in [6.07, 6.45) is 0. The van der Waals surface area contributed by atoms with E-state index in [0.29, 0.717) is 18.8 Å². The summed E-state index contributed by atoms with van der Waals surface area (Å²) in [7, 11) is -3.33. The second kappa shape index (κ2) is 8.60. The number of hydrogen-bond acceptors (Lipinski definition) is 5. The maximum atomic E-state index is 11.6. The van der Waals surface area contributed by atoms with Gasteiger partial charge in [0.25, 0.3) is 5.91 Å². The summed E-state index contributed by atoms with van der Waals surface area (Å²) in [5, 5.41) is 2.49. The lowest BCUT2D eigenvalue weighted by Crippen LogP contribution is -2.36. The van der Waals surface area contributed by atoms with Gasteiger partial charge < -0.3 is 15.8 Å². The molecule has 0 aromatic heterocycles. The summed E-state index contributed by atoms with van der Waals surface area (Å²) < 4.78 is 30.4. The van der Waals surface area contributed by atoms with Crippen LogP contribution in [0.1, 0.15) is 12.5 Å². The van der Waals surface area contributed by atoms with Gasteiger partial charge in [0, 0.05) is 25.2 Å². The molecule has 0 spiro atoms. The van der Waals surface area contributed by atoms with Crippen molar-refractivity contribution in [2.75, 3.05) is 25.4 Å². The predicted molar refractivity (Wildman–Crippen MR) is 80.3 cm³/mol. The van der Waals surface area contributed by atoms with E-state index in [1.807, 2.05) is 12.1 Å². The molecule has 21 heavy (non-hydrogen) atoms. The average Bonchev–Trinajstić information content (AvgIpc) is 2.45. The molecule has 1 amide bonds. The predicted octanol–water partition coefficient (Wildman–Crippen LogP) is -0.420. The van der Waals surface area contributed by atoms with E-state index in [4.69, 9.17) is 10.5 Å². The van der Waals surface area contributed by atoms with Gasteiger partial charge in [-0.25, -0.2) is 13.1 Å². The molecule has 7 nitrogen and oxygen atoms in total. The topological polar surface area (TPSA) is 111 Å². The zero-order valence-electron chi connectivity index (χ0n) is 12.0. The van der Waals surface area contributed by atoms with E-state index in [9.17, 15) is 13.2 Å². The lowest BCUT2D eigenvalue weighted by Gasteiger charge is -2.10. The number of sulfonamides is 1. The van der Waals surface area contributed by atoms with Crippen LogP contribution in [0.25, 0.3) is 0 Å². The highest BCUT2D eigenvalue weighted by atomic mass is 32.2. The van der Waals surface area contributed by atoms with E-state index < -0.39 is 10.0 Å². The van der Waals surface area contributed by atoms with Gasteiger partial charge >= 0.3 is 0 Å². The molecule has 0 fully saturated rings. The van der Waals surface area contributed by atoms with Crippen molar-refractivity contribution in [3.63, 3.8) is 0 Å². The molecule has 0 saturated heterocycles. The van der Waals surface area contributed by atoms with Crippen molar-refractivity contribution in [1.29, 1.82) is 0 Å². The molecule has 1 rings (SSSR count). The Morgan fingerprint density at radius 2 is 2.05 bits per heavy atom. The first-order valence-corrected chi connectivity index (χ1v) is 8.28. The molecule has 0 saturated carbocycles. The van der Waals surface area contributed by atoms with E-state index in [0.717, 1.165) is 5.56 Å². The van der Waals surface area contributed by atoms with Gasteiger partial charge in [-0.1, -0.05) is 25.1 Å². The Balaban J connectivity index is 2.35. The maximum Gasteiger partial charge on any atom is 0.257 e. The molecule has 0 atom stereocenters. The summed E-state index contributed by atoms with van der Waals surface area (Å²) in [6, 6.07) is 7.16. The molecule has 4 N–H and O–H groups in total. The number of ether oxygens (including phenoxy) is 1. The molecule has 0 aliphatic heterocycles. The Kier molecular flexibility index (Phi) is 7.13. The van der Waals surface area contributed by atoms with E-state index in [2.05, 4.69) is 10.0 Å². The van der Waals surface area contributed by atoms with Crippen LogP contribution in [0.3, 0.4) is 0 Å². The second-order valence-electron chi connectivity index (χ2n) is 4.27. The van der Waals surface area contributed by atoms with Gasteiger partial charge in [0.15, 0.2) is 6.61 Å². The van der Waals surface area contributed by atoms with Gasteiger partial charge in [0.1, 0.15) is 5.75 Å². The highest BCUT2D eigenvalue weighted by Crippen LogP contribution is 2.16. The quantitative estimate of drug-likeness (QED) is 0.573. The molecule has 1 aromatic rings. The van der Waals surface area contributed by atoms with Crippen LogP contribution in [0.5, 0.6) is 5.75 Å². The average molecular weight is 315 g/mol. The van der Waals surface area contributed by atoms with Crippen LogP contribution in [0.2, 0.25) is 0 Å². The molecule has 0 heterocycles. The molecule has 0 radical (unpaired) electrons. The summed E-state index contributed by atoms with van der Waals surface area (Å²) >= 11 is 0. The van der Waals surface area contributed by atoms with E-state index in [1.54, 1.807) is 19.1 Å². The smallest absolute Gasteiger partial charge is 0.257 e. The molecule has 0 unspecified atom stereocenters. The maximum absolute atomic E-state index is 11.6. The van der Waals surface area contributed by atoms with Gasteiger partial charge in [-0.05, 0) is 6.07 Å². The van der Waals surface area contributed by atoms with Gasteiger partial charge in [0.05, 0.1) is 5.75 Å². The van der Waals surface area contributed by atoms with Crippen molar-refractivity contribution in [1.82, 2.24) is 10.0 Å². The number of carbonyl (C=O) groups is 1. The largest absolute Gasteiger partial charge is 0.483 e. The minimum absolute atomic E-state index is 0.0378. The van der Waals surface area contributed by atoms with Crippen molar-refractivity contribution >= 4 is 15.9 Å². The molecule has 1 aromatic carbocycles. The number of rotatable bonds is 9. The Labute approximate surface area is 124 Å². The number of nitrogens with one attached hydrogen (secondary N) is 2. The van der Waals surface area contributed by atoms with E-state index in [1.165, 1.54) is 0 Å². The number of para-hydroxylation sites is 1. The van der Waals surface area contributed by atoms with Crippen LogP contribution in [0.4, 0.5) is 0 Å². The van der Waals surface area contributed by atoms with Crippen LogP contribution in [-0.2, 0) is 21.4 Å². The Morgan fingerprint density at radius 1 is 1.33 bits per heavy atom. The number of carbonyl (C=O) groups excluding carboxylic acids is 1. The van der Waals surface area contributed by atoms with Crippen molar-refractivity contribution in [3.05, 3.63) is 29.8 Å². The number of hydrogen-bond donors (Lipinski definition) is 3. The normalized spacial score (nSPS) is 11.1. The Hall–Kier alpha value is -1.64. The van der Waals surface area contributed by atoms with Crippen molar-refractivity contribution in [2.24, 2.45) is 5.73 Å². The molecule has 0 bridgehead atoms. The van der Waals surface area contributed by atoms with Gasteiger partial charge in [-0.15, -0.1) is 0 Å². The first-order chi connectivity index (χ1) is 9.98. The molecular formula is C13H21N3O4S. The number of nitrogens with two attached hydrogens (primary N) is 1. The van der Waals surface area contributed by atoms with E-state index in [-0.39, 0.29) is 24.8 Å². The van der Waals surface area contributed by atoms with E-state index >= 15 is 0 Å². The lowest BCUT2D eigenvalue weighted by molar-refractivity contribution is -0.122.